The van der Waals surface area contributed by atoms with Crippen LogP contribution in [0.5, 0.6) is 0 Å². The lowest BCUT2D eigenvalue weighted by atomic mass is 10.2. The second-order valence-electron chi connectivity index (χ2n) is 4.36. The molecule has 2 N–H and O–H groups in total. The second-order valence-corrected chi connectivity index (χ2v) is 5.59. The molecule has 6 heteroatoms. The maximum Gasteiger partial charge on any atom is 0.371 e. The Morgan fingerprint density at radius 1 is 1.53 bits per heavy atom. The van der Waals surface area contributed by atoms with Crippen molar-refractivity contribution in [3.05, 3.63) is 39.2 Å². The lowest BCUT2D eigenvalue weighted by Crippen LogP contribution is -2.17. The molecule has 2 aromatic heterocycles. The number of furan rings is 1. The zero-order valence-corrected chi connectivity index (χ0v) is 11.9. The van der Waals surface area contributed by atoms with Gasteiger partial charge in [0.1, 0.15) is 5.76 Å². The van der Waals surface area contributed by atoms with Crippen LogP contribution in [-0.4, -0.2) is 16.1 Å². The fraction of sp³-hybridized carbons (Fsp3) is 0.385. The van der Waals surface area contributed by atoms with Crippen molar-refractivity contribution in [1.82, 2.24) is 10.3 Å². The van der Waals surface area contributed by atoms with Crippen molar-refractivity contribution in [2.45, 2.75) is 33.4 Å². The van der Waals surface area contributed by atoms with E-state index in [1.807, 2.05) is 13.8 Å². The van der Waals surface area contributed by atoms with Gasteiger partial charge in [0.2, 0.25) is 5.76 Å². The van der Waals surface area contributed by atoms with Gasteiger partial charge in [-0.1, -0.05) is 0 Å². The third kappa shape index (κ3) is 3.21. The molecule has 1 atom stereocenters. The van der Waals surface area contributed by atoms with Gasteiger partial charge in [0, 0.05) is 10.9 Å². The molecule has 102 valence electrons. The van der Waals surface area contributed by atoms with E-state index in [4.69, 9.17) is 9.52 Å². The van der Waals surface area contributed by atoms with E-state index in [0.29, 0.717) is 12.3 Å². The summed E-state index contributed by atoms with van der Waals surface area (Å²) in [5, 5.41) is 13.1. The molecule has 0 aromatic carbocycles. The number of carbonyl (C=O) groups is 1. The number of hydrogen-bond acceptors (Lipinski definition) is 5. The van der Waals surface area contributed by atoms with Crippen LogP contribution < -0.4 is 5.32 Å². The fourth-order valence-electron chi connectivity index (χ4n) is 1.88. The molecule has 19 heavy (non-hydrogen) atoms. The van der Waals surface area contributed by atoms with Crippen molar-refractivity contribution in [2.75, 3.05) is 0 Å². The molecule has 0 radical (unpaired) electrons. The van der Waals surface area contributed by atoms with Gasteiger partial charge in [-0.25, -0.2) is 9.78 Å². The van der Waals surface area contributed by atoms with Crippen LogP contribution in [0.4, 0.5) is 0 Å². The van der Waals surface area contributed by atoms with Gasteiger partial charge < -0.3 is 14.8 Å². The van der Waals surface area contributed by atoms with Crippen LogP contribution in [0, 0.1) is 13.8 Å². The van der Waals surface area contributed by atoms with Crippen LogP contribution in [0.3, 0.4) is 0 Å². The summed E-state index contributed by atoms with van der Waals surface area (Å²) < 4.78 is 5.19. The van der Waals surface area contributed by atoms with Crippen LogP contribution in [0.1, 0.15) is 44.9 Å². The number of thiazole rings is 1. The summed E-state index contributed by atoms with van der Waals surface area (Å²) in [6.07, 6.45) is 0. The van der Waals surface area contributed by atoms with Gasteiger partial charge in [0.05, 0.1) is 17.2 Å². The Bertz CT molecular complexity index is 588. The summed E-state index contributed by atoms with van der Waals surface area (Å²) in [6.45, 7) is 6.53. The highest BCUT2D eigenvalue weighted by molar-refractivity contribution is 7.11. The lowest BCUT2D eigenvalue weighted by Gasteiger charge is -2.11. The van der Waals surface area contributed by atoms with Crippen molar-refractivity contribution < 1.29 is 14.3 Å². The minimum absolute atomic E-state index is 0.0331. The van der Waals surface area contributed by atoms with Gasteiger partial charge in [0.15, 0.2) is 0 Å². The predicted molar refractivity (Wildman–Crippen MR) is 72.5 cm³/mol. The molecule has 2 rings (SSSR count). The number of aryl methyl sites for hydroxylation is 2. The minimum Gasteiger partial charge on any atom is -0.475 e. The second kappa shape index (κ2) is 5.54. The van der Waals surface area contributed by atoms with Gasteiger partial charge in [-0.05, 0) is 32.9 Å². The predicted octanol–water partition coefficient (Wildman–Crippen LogP) is 2.90. The largest absolute Gasteiger partial charge is 0.475 e. The Morgan fingerprint density at radius 2 is 2.26 bits per heavy atom. The van der Waals surface area contributed by atoms with Gasteiger partial charge in [-0.2, -0.15) is 0 Å². The molecular formula is C13H16N2O3S. The molecule has 5 nitrogen and oxygen atoms in total. The highest BCUT2D eigenvalue weighted by Crippen LogP contribution is 2.24. The van der Waals surface area contributed by atoms with Crippen molar-refractivity contribution in [1.29, 1.82) is 0 Å². The molecule has 0 saturated carbocycles. The average molecular weight is 280 g/mol. The van der Waals surface area contributed by atoms with Crippen LogP contribution in [0.25, 0.3) is 0 Å². The van der Waals surface area contributed by atoms with E-state index >= 15 is 0 Å². The van der Waals surface area contributed by atoms with E-state index in [1.165, 1.54) is 10.9 Å². The van der Waals surface area contributed by atoms with E-state index in [-0.39, 0.29) is 11.8 Å². The molecule has 0 aliphatic carbocycles. The molecule has 1 unspecified atom stereocenters. The van der Waals surface area contributed by atoms with Gasteiger partial charge in [-0.15, -0.1) is 11.3 Å². The first kappa shape index (κ1) is 13.8. The van der Waals surface area contributed by atoms with Crippen molar-refractivity contribution in [3.63, 3.8) is 0 Å². The van der Waals surface area contributed by atoms with Crippen molar-refractivity contribution in [3.8, 4) is 0 Å². The Labute approximate surface area is 115 Å². The Morgan fingerprint density at radius 3 is 2.79 bits per heavy atom. The standard InChI is InChI=1S/C13H16N2O3S/c1-7(12-8(2)15-9(3)19-12)14-6-10-4-5-11(18-10)13(16)17/h4-5,7,14H,6H2,1-3H3,(H,16,17). The summed E-state index contributed by atoms with van der Waals surface area (Å²) in [4.78, 5) is 16.3. The van der Waals surface area contributed by atoms with E-state index in [1.54, 1.807) is 17.4 Å². The third-order valence-corrected chi connectivity index (χ3v) is 4.04. The third-order valence-electron chi connectivity index (χ3n) is 2.79. The monoisotopic (exact) mass is 280 g/mol. The SMILES string of the molecule is Cc1nc(C)c(C(C)NCc2ccc(C(=O)O)o2)s1. The molecule has 0 amide bonds. The van der Waals surface area contributed by atoms with Crippen molar-refractivity contribution >= 4 is 17.3 Å². The normalized spacial score (nSPS) is 12.6. The summed E-state index contributed by atoms with van der Waals surface area (Å²) in [6, 6.07) is 3.30. The van der Waals surface area contributed by atoms with Crippen LogP contribution in [0.15, 0.2) is 16.5 Å². The smallest absolute Gasteiger partial charge is 0.371 e. The Hall–Kier alpha value is -1.66. The summed E-state index contributed by atoms with van der Waals surface area (Å²) >= 11 is 1.67. The molecule has 0 bridgehead atoms. The van der Waals surface area contributed by atoms with Crippen molar-refractivity contribution in [2.24, 2.45) is 0 Å². The molecule has 0 aliphatic rings. The van der Waals surface area contributed by atoms with Crippen LogP contribution in [-0.2, 0) is 6.54 Å². The molecule has 2 aromatic rings. The van der Waals surface area contributed by atoms with Crippen LogP contribution in [0.2, 0.25) is 0 Å². The zero-order chi connectivity index (χ0) is 14.0. The Balaban J connectivity index is 1.98. The summed E-state index contributed by atoms with van der Waals surface area (Å²) in [5.74, 6) is -0.467. The first-order chi connectivity index (χ1) is 8.97. The fourth-order valence-corrected chi connectivity index (χ4v) is 2.84. The maximum atomic E-state index is 10.7. The summed E-state index contributed by atoms with van der Waals surface area (Å²) in [5.41, 5.74) is 1.04. The highest BCUT2D eigenvalue weighted by Gasteiger charge is 2.14. The Kier molecular flexibility index (Phi) is 4.01. The van der Waals surface area contributed by atoms with Gasteiger partial charge in [-0.3, -0.25) is 0 Å². The number of carboxylic acids is 1. The number of nitrogens with one attached hydrogen (secondary N) is 1. The minimum atomic E-state index is -1.05. The van der Waals surface area contributed by atoms with E-state index in [2.05, 4.69) is 17.2 Å². The quantitative estimate of drug-likeness (QED) is 0.880. The summed E-state index contributed by atoms with van der Waals surface area (Å²) in [7, 11) is 0. The number of rotatable bonds is 5. The van der Waals surface area contributed by atoms with Gasteiger partial charge >= 0.3 is 5.97 Å². The topological polar surface area (TPSA) is 75.4 Å². The number of hydrogen-bond donors (Lipinski definition) is 2. The molecular weight excluding hydrogens is 264 g/mol. The number of aromatic nitrogens is 1. The molecule has 2 heterocycles. The maximum absolute atomic E-state index is 10.7. The molecule has 0 aliphatic heterocycles. The average Bonchev–Trinajstić information content (AvgIpc) is 2.93. The van der Waals surface area contributed by atoms with Crippen LogP contribution >= 0.6 is 11.3 Å². The molecule has 0 saturated heterocycles. The highest BCUT2D eigenvalue weighted by atomic mass is 32.1. The molecule has 0 fully saturated rings. The zero-order valence-electron chi connectivity index (χ0n) is 11.1. The number of carboxylic acid groups (broad SMARTS) is 1. The first-order valence-corrected chi connectivity index (χ1v) is 6.78. The van der Waals surface area contributed by atoms with E-state index in [0.717, 1.165) is 10.7 Å². The number of aromatic carboxylic acids is 1. The molecule has 0 spiro atoms. The number of nitrogens with zero attached hydrogens (tertiary/aromatic N) is 1. The van der Waals surface area contributed by atoms with Gasteiger partial charge in [0.25, 0.3) is 0 Å². The first-order valence-electron chi connectivity index (χ1n) is 5.96. The lowest BCUT2D eigenvalue weighted by molar-refractivity contribution is 0.0660. The van der Waals surface area contributed by atoms with E-state index < -0.39 is 5.97 Å². The van der Waals surface area contributed by atoms with E-state index in [9.17, 15) is 4.79 Å².